The number of amides is 1. The molecule has 1 aromatic carbocycles. The van der Waals surface area contributed by atoms with E-state index in [0.717, 1.165) is 12.8 Å². The molecule has 1 amide bonds. The Bertz CT molecular complexity index is 1050. The van der Waals surface area contributed by atoms with Crippen LogP contribution in [0, 0.1) is 12.8 Å². The first-order chi connectivity index (χ1) is 14.6. The molecule has 2 heterocycles. The topological polar surface area (TPSA) is 97.1 Å². The Morgan fingerprint density at radius 3 is 2.39 bits per heavy atom. The van der Waals surface area contributed by atoms with Gasteiger partial charge in [0.1, 0.15) is 17.1 Å². The Morgan fingerprint density at radius 2 is 1.81 bits per heavy atom. The summed E-state index contributed by atoms with van der Waals surface area (Å²) < 4.78 is 37.5. The highest BCUT2D eigenvalue weighted by Gasteiger charge is 2.28. The van der Waals surface area contributed by atoms with E-state index in [-0.39, 0.29) is 17.3 Å². The van der Waals surface area contributed by atoms with Gasteiger partial charge in [0.25, 0.3) is 5.91 Å². The lowest BCUT2D eigenvalue weighted by molar-refractivity contribution is 0.0598. The molecule has 0 saturated carbocycles. The third-order valence-corrected chi connectivity index (χ3v) is 7.51. The van der Waals surface area contributed by atoms with Gasteiger partial charge in [-0.05, 0) is 56.0 Å². The number of piperidine rings is 1. The molecule has 0 atom stereocenters. The minimum absolute atomic E-state index is 0.155. The molecule has 0 radical (unpaired) electrons. The van der Waals surface area contributed by atoms with Crippen LogP contribution in [0.5, 0.6) is 0 Å². The number of benzene rings is 1. The Kier molecular flexibility index (Phi) is 6.86. The summed E-state index contributed by atoms with van der Waals surface area (Å²) in [6.07, 6.45) is 1.70. The fourth-order valence-electron chi connectivity index (χ4n) is 3.60. The molecule has 0 unspecified atom stereocenters. The summed E-state index contributed by atoms with van der Waals surface area (Å²) in [7, 11) is -0.660. The van der Waals surface area contributed by atoms with E-state index in [1.165, 1.54) is 40.6 Å². The largest absolute Gasteiger partial charge is 0.465 e. The lowest BCUT2D eigenvalue weighted by Crippen LogP contribution is -2.37. The van der Waals surface area contributed by atoms with E-state index in [2.05, 4.69) is 6.92 Å². The minimum atomic E-state index is -3.56. The van der Waals surface area contributed by atoms with E-state index in [9.17, 15) is 18.0 Å². The van der Waals surface area contributed by atoms with Crippen molar-refractivity contribution in [3.8, 4) is 0 Å². The van der Waals surface area contributed by atoms with Crippen LogP contribution in [0.25, 0.3) is 0 Å². The second-order valence-corrected chi connectivity index (χ2v) is 9.88. The zero-order valence-corrected chi connectivity index (χ0v) is 19.1. The van der Waals surface area contributed by atoms with E-state index in [0.29, 0.717) is 41.7 Å². The molecule has 1 aliphatic heterocycles. The molecular weight excluding hydrogens is 420 g/mol. The molecule has 2 aromatic rings. The number of nitrogens with zero attached hydrogens (tertiary/aromatic N) is 2. The molecule has 0 aliphatic carbocycles. The van der Waals surface area contributed by atoms with Crippen molar-refractivity contribution in [2.75, 3.05) is 27.2 Å². The van der Waals surface area contributed by atoms with Crippen LogP contribution in [0.3, 0.4) is 0 Å². The SMILES string of the molecule is COC(=O)c1cc(CN(C)C(=O)c2ccc(S(=O)(=O)N3CCC(C)CC3)cc2)oc1C. The number of hydrogen-bond donors (Lipinski definition) is 0. The number of carbonyl (C=O) groups is 2. The van der Waals surface area contributed by atoms with Crippen molar-refractivity contribution in [1.29, 1.82) is 0 Å². The maximum absolute atomic E-state index is 12.8. The quantitative estimate of drug-likeness (QED) is 0.630. The van der Waals surface area contributed by atoms with Crippen LogP contribution in [0.2, 0.25) is 0 Å². The van der Waals surface area contributed by atoms with Crippen LogP contribution >= 0.6 is 0 Å². The third kappa shape index (κ3) is 4.99. The van der Waals surface area contributed by atoms with E-state index < -0.39 is 16.0 Å². The molecule has 0 N–H and O–H groups in total. The molecule has 168 valence electrons. The molecule has 1 aliphatic rings. The fourth-order valence-corrected chi connectivity index (χ4v) is 5.07. The van der Waals surface area contributed by atoms with Gasteiger partial charge in [-0.1, -0.05) is 6.92 Å². The van der Waals surface area contributed by atoms with Crippen LogP contribution in [-0.4, -0.2) is 56.7 Å². The molecule has 1 saturated heterocycles. The fraction of sp³-hybridized carbons (Fsp3) is 0.455. The van der Waals surface area contributed by atoms with Crippen molar-refractivity contribution in [1.82, 2.24) is 9.21 Å². The molecule has 3 rings (SSSR count). The third-order valence-electron chi connectivity index (χ3n) is 5.60. The average molecular weight is 449 g/mol. The van der Waals surface area contributed by atoms with Crippen molar-refractivity contribution in [2.45, 2.75) is 38.1 Å². The second kappa shape index (κ2) is 9.23. The normalized spacial score (nSPS) is 15.6. The highest BCUT2D eigenvalue weighted by Crippen LogP contribution is 2.24. The highest BCUT2D eigenvalue weighted by atomic mass is 32.2. The molecule has 31 heavy (non-hydrogen) atoms. The van der Waals surface area contributed by atoms with E-state index in [4.69, 9.17) is 9.15 Å². The van der Waals surface area contributed by atoms with Gasteiger partial charge in [-0.3, -0.25) is 4.79 Å². The minimum Gasteiger partial charge on any atom is -0.465 e. The van der Waals surface area contributed by atoms with E-state index >= 15 is 0 Å². The van der Waals surface area contributed by atoms with E-state index in [1.807, 2.05) is 0 Å². The van der Waals surface area contributed by atoms with E-state index in [1.54, 1.807) is 20.0 Å². The monoisotopic (exact) mass is 448 g/mol. The number of hydrogen-bond acceptors (Lipinski definition) is 6. The van der Waals surface area contributed by atoms with Crippen LogP contribution in [0.15, 0.2) is 39.6 Å². The van der Waals surface area contributed by atoms with Gasteiger partial charge in [-0.2, -0.15) is 4.31 Å². The van der Waals surface area contributed by atoms with Gasteiger partial charge in [0.05, 0.1) is 18.6 Å². The Labute approximate surface area is 182 Å². The predicted molar refractivity (Wildman–Crippen MR) is 114 cm³/mol. The first kappa shape index (κ1) is 23.0. The summed E-state index contributed by atoms with van der Waals surface area (Å²) in [4.78, 5) is 26.1. The van der Waals surface area contributed by atoms with Gasteiger partial charge in [0.2, 0.25) is 10.0 Å². The van der Waals surface area contributed by atoms with Crippen LogP contribution in [-0.2, 0) is 21.3 Å². The van der Waals surface area contributed by atoms with Crippen LogP contribution in [0.4, 0.5) is 0 Å². The summed E-state index contributed by atoms with van der Waals surface area (Å²) in [5.74, 6) is 0.617. The molecule has 9 heteroatoms. The van der Waals surface area contributed by atoms with Crippen LogP contribution in [0.1, 0.15) is 52.0 Å². The number of rotatable bonds is 6. The number of ether oxygens (including phenoxy) is 1. The summed E-state index contributed by atoms with van der Waals surface area (Å²) in [5, 5.41) is 0. The van der Waals surface area contributed by atoms with Gasteiger partial charge in [0, 0.05) is 25.7 Å². The number of methoxy groups -OCH3 is 1. The number of esters is 1. The van der Waals surface area contributed by atoms with Crippen molar-refractivity contribution in [3.05, 3.63) is 53.0 Å². The predicted octanol–water partition coefficient (Wildman–Crippen LogP) is 3.07. The Morgan fingerprint density at radius 1 is 1.19 bits per heavy atom. The first-order valence-electron chi connectivity index (χ1n) is 10.2. The van der Waals surface area contributed by atoms with Gasteiger partial charge >= 0.3 is 5.97 Å². The summed E-state index contributed by atoms with van der Waals surface area (Å²) >= 11 is 0. The van der Waals surface area contributed by atoms with Gasteiger partial charge < -0.3 is 14.1 Å². The number of furan rings is 1. The van der Waals surface area contributed by atoms with Crippen molar-refractivity contribution < 1.29 is 27.2 Å². The van der Waals surface area contributed by atoms with Crippen molar-refractivity contribution in [3.63, 3.8) is 0 Å². The number of carbonyl (C=O) groups excluding carboxylic acids is 2. The highest BCUT2D eigenvalue weighted by molar-refractivity contribution is 7.89. The number of aryl methyl sites for hydroxylation is 1. The summed E-state index contributed by atoms with van der Waals surface area (Å²) in [6, 6.07) is 7.54. The maximum atomic E-state index is 12.8. The molecule has 8 nitrogen and oxygen atoms in total. The van der Waals surface area contributed by atoms with Gasteiger partial charge in [-0.25, -0.2) is 13.2 Å². The molecular formula is C22H28N2O6S. The molecule has 0 spiro atoms. The number of sulfonamides is 1. The lowest BCUT2D eigenvalue weighted by Gasteiger charge is -2.29. The van der Waals surface area contributed by atoms with Crippen molar-refractivity contribution in [2.24, 2.45) is 5.92 Å². The van der Waals surface area contributed by atoms with Crippen LogP contribution < -0.4 is 0 Å². The van der Waals surface area contributed by atoms with Gasteiger partial charge in [0.15, 0.2) is 0 Å². The average Bonchev–Trinajstić information content (AvgIpc) is 3.12. The standard InChI is InChI=1S/C22H28N2O6S/c1-15-9-11-24(12-10-15)31(27,28)19-7-5-17(6-8-19)21(25)23(3)14-18-13-20(16(2)30-18)22(26)29-4/h5-8,13,15H,9-12,14H2,1-4H3. The maximum Gasteiger partial charge on any atom is 0.341 e. The zero-order chi connectivity index (χ0) is 22.8. The second-order valence-electron chi connectivity index (χ2n) is 7.95. The molecule has 1 fully saturated rings. The Balaban J connectivity index is 1.69. The smallest absolute Gasteiger partial charge is 0.341 e. The summed E-state index contributed by atoms with van der Waals surface area (Å²) in [5.41, 5.74) is 0.685. The van der Waals surface area contributed by atoms with Gasteiger partial charge in [-0.15, -0.1) is 0 Å². The summed E-state index contributed by atoms with van der Waals surface area (Å²) in [6.45, 7) is 4.97. The first-order valence-corrected chi connectivity index (χ1v) is 11.6. The Hall–Kier alpha value is -2.65. The molecule has 0 bridgehead atoms. The zero-order valence-electron chi connectivity index (χ0n) is 18.3. The lowest BCUT2D eigenvalue weighted by atomic mass is 10.0. The van der Waals surface area contributed by atoms with Crippen molar-refractivity contribution >= 4 is 21.9 Å². The molecule has 1 aromatic heterocycles.